The highest BCUT2D eigenvalue weighted by atomic mass is 32.1. The van der Waals surface area contributed by atoms with Crippen LogP contribution in [-0.2, 0) is 0 Å². The van der Waals surface area contributed by atoms with E-state index in [0.29, 0.717) is 29.0 Å². The molecule has 3 aromatic rings. The second-order valence-corrected chi connectivity index (χ2v) is 8.38. The lowest BCUT2D eigenvalue weighted by Gasteiger charge is -2.25. The standard InChI is InChI=1S/C24H27FN2O3S/c1-28-21-13-16(14-22(29-2)23(21)30-3)20-15-31-24(26-19-12-8-7-11-18(19)25)27(20)17-9-5-4-6-10-17/h7-8,11-15,17H,4-6,9-10H2,1-3H3. The van der Waals surface area contributed by atoms with Gasteiger partial charge in [0.25, 0.3) is 0 Å². The third-order valence-electron chi connectivity index (χ3n) is 5.71. The third kappa shape index (κ3) is 4.32. The van der Waals surface area contributed by atoms with E-state index in [1.165, 1.54) is 36.7 Å². The van der Waals surface area contributed by atoms with Gasteiger partial charge in [0.1, 0.15) is 11.5 Å². The van der Waals surface area contributed by atoms with Gasteiger partial charge in [-0.05, 0) is 37.1 Å². The van der Waals surface area contributed by atoms with Crippen molar-refractivity contribution < 1.29 is 18.6 Å². The van der Waals surface area contributed by atoms with Crippen LogP contribution in [0, 0.1) is 5.82 Å². The lowest BCUT2D eigenvalue weighted by atomic mass is 9.95. The fourth-order valence-electron chi connectivity index (χ4n) is 4.18. The SMILES string of the molecule is COc1cc(-c2csc(=Nc3ccccc3F)n2C2CCCCC2)cc(OC)c1OC. The predicted octanol–water partition coefficient (Wildman–Crippen LogP) is 6.12. The molecular weight excluding hydrogens is 415 g/mol. The Labute approximate surface area is 185 Å². The minimum atomic E-state index is -0.319. The maximum atomic E-state index is 14.3. The number of methoxy groups -OCH3 is 3. The highest BCUT2D eigenvalue weighted by molar-refractivity contribution is 7.07. The van der Waals surface area contributed by atoms with Gasteiger partial charge >= 0.3 is 0 Å². The lowest BCUT2D eigenvalue weighted by molar-refractivity contribution is 0.324. The second-order valence-electron chi connectivity index (χ2n) is 7.54. The maximum absolute atomic E-state index is 14.3. The maximum Gasteiger partial charge on any atom is 0.203 e. The minimum absolute atomic E-state index is 0.319. The smallest absolute Gasteiger partial charge is 0.203 e. The summed E-state index contributed by atoms with van der Waals surface area (Å²) in [6.07, 6.45) is 5.78. The van der Waals surface area contributed by atoms with E-state index < -0.39 is 0 Å². The van der Waals surface area contributed by atoms with Crippen LogP contribution in [-0.4, -0.2) is 25.9 Å². The lowest BCUT2D eigenvalue weighted by Crippen LogP contribution is -2.23. The van der Waals surface area contributed by atoms with Gasteiger partial charge < -0.3 is 18.8 Å². The van der Waals surface area contributed by atoms with Gasteiger partial charge in [0.2, 0.25) is 5.75 Å². The summed E-state index contributed by atoms with van der Waals surface area (Å²) in [6.45, 7) is 0. The van der Waals surface area contributed by atoms with Gasteiger partial charge in [-0.1, -0.05) is 31.4 Å². The van der Waals surface area contributed by atoms with E-state index in [9.17, 15) is 4.39 Å². The zero-order chi connectivity index (χ0) is 21.8. The van der Waals surface area contributed by atoms with Crippen LogP contribution in [0.25, 0.3) is 11.3 Å². The fraction of sp³-hybridized carbons (Fsp3) is 0.375. The number of rotatable bonds is 6. The zero-order valence-electron chi connectivity index (χ0n) is 18.1. The number of para-hydroxylation sites is 1. The number of aromatic nitrogens is 1. The van der Waals surface area contributed by atoms with Crippen LogP contribution in [0.1, 0.15) is 38.1 Å². The molecule has 0 amide bonds. The number of ether oxygens (including phenoxy) is 3. The first-order valence-electron chi connectivity index (χ1n) is 10.5. The normalized spacial score (nSPS) is 15.2. The largest absolute Gasteiger partial charge is 0.493 e. The number of hydrogen-bond donors (Lipinski definition) is 0. The fourth-order valence-corrected chi connectivity index (χ4v) is 5.16. The van der Waals surface area contributed by atoms with Crippen molar-refractivity contribution in [2.75, 3.05) is 21.3 Å². The highest BCUT2D eigenvalue weighted by Gasteiger charge is 2.22. The quantitative estimate of drug-likeness (QED) is 0.462. The van der Waals surface area contributed by atoms with Crippen molar-refractivity contribution in [1.29, 1.82) is 0 Å². The molecule has 5 nitrogen and oxygen atoms in total. The van der Waals surface area contributed by atoms with E-state index in [4.69, 9.17) is 19.2 Å². The summed E-state index contributed by atoms with van der Waals surface area (Å²) in [6, 6.07) is 10.9. The molecule has 0 N–H and O–H groups in total. The summed E-state index contributed by atoms with van der Waals surface area (Å²) in [4.78, 5) is 5.49. The molecule has 1 saturated carbocycles. The summed E-state index contributed by atoms with van der Waals surface area (Å²) in [5.41, 5.74) is 2.32. The molecule has 1 aliphatic rings. The van der Waals surface area contributed by atoms with Crippen molar-refractivity contribution in [3.05, 3.63) is 52.4 Å². The molecule has 4 rings (SSSR count). The van der Waals surface area contributed by atoms with Crippen LogP contribution in [0.15, 0.2) is 46.8 Å². The molecule has 31 heavy (non-hydrogen) atoms. The highest BCUT2D eigenvalue weighted by Crippen LogP contribution is 2.42. The Morgan fingerprint density at radius 1 is 0.968 bits per heavy atom. The van der Waals surface area contributed by atoms with Gasteiger partial charge in [0.05, 0.1) is 27.0 Å². The number of hydrogen-bond acceptors (Lipinski definition) is 5. The Bertz CT molecular complexity index is 1090. The Morgan fingerprint density at radius 3 is 2.26 bits per heavy atom. The van der Waals surface area contributed by atoms with E-state index in [1.54, 1.807) is 39.5 Å². The van der Waals surface area contributed by atoms with Gasteiger partial charge in [0, 0.05) is 17.0 Å². The molecule has 0 aliphatic heterocycles. The van der Waals surface area contributed by atoms with Crippen LogP contribution < -0.4 is 19.0 Å². The monoisotopic (exact) mass is 442 g/mol. The average Bonchev–Trinajstić information content (AvgIpc) is 3.23. The molecule has 0 saturated heterocycles. The van der Waals surface area contributed by atoms with E-state index >= 15 is 0 Å². The van der Waals surface area contributed by atoms with E-state index in [2.05, 4.69) is 9.95 Å². The molecule has 2 aromatic carbocycles. The van der Waals surface area contributed by atoms with Crippen LogP contribution >= 0.6 is 11.3 Å². The van der Waals surface area contributed by atoms with Crippen molar-refractivity contribution >= 4 is 17.0 Å². The molecule has 1 aliphatic carbocycles. The topological polar surface area (TPSA) is 45.0 Å². The van der Waals surface area contributed by atoms with Gasteiger partial charge in [-0.2, -0.15) is 0 Å². The summed E-state index contributed by atoms with van der Waals surface area (Å²) >= 11 is 1.52. The van der Waals surface area contributed by atoms with Gasteiger partial charge in [-0.25, -0.2) is 9.38 Å². The van der Waals surface area contributed by atoms with E-state index in [0.717, 1.165) is 28.9 Å². The van der Waals surface area contributed by atoms with E-state index in [-0.39, 0.29) is 5.82 Å². The number of benzene rings is 2. The average molecular weight is 443 g/mol. The van der Waals surface area contributed by atoms with Crippen LogP contribution in [0.3, 0.4) is 0 Å². The summed E-state index contributed by atoms with van der Waals surface area (Å²) in [5.74, 6) is 1.45. The Balaban J connectivity index is 1.91. The minimum Gasteiger partial charge on any atom is -0.493 e. The van der Waals surface area contributed by atoms with Gasteiger partial charge in [-0.3, -0.25) is 0 Å². The molecule has 0 atom stereocenters. The molecule has 0 unspecified atom stereocenters. The van der Waals surface area contributed by atoms with Crippen molar-refractivity contribution in [3.8, 4) is 28.5 Å². The third-order valence-corrected chi connectivity index (χ3v) is 6.55. The molecule has 1 fully saturated rings. The first-order valence-corrected chi connectivity index (χ1v) is 11.3. The van der Waals surface area contributed by atoms with Crippen LogP contribution in [0.5, 0.6) is 17.2 Å². The molecule has 1 aromatic heterocycles. The molecule has 164 valence electrons. The molecule has 0 spiro atoms. The van der Waals surface area contributed by atoms with E-state index in [1.807, 2.05) is 12.1 Å². The van der Waals surface area contributed by atoms with Crippen molar-refractivity contribution in [2.24, 2.45) is 4.99 Å². The first kappa shape index (κ1) is 21.4. The zero-order valence-corrected chi connectivity index (χ0v) is 18.9. The van der Waals surface area contributed by atoms with Crippen molar-refractivity contribution in [1.82, 2.24) is 4.57 Å². The summed E-state index contributed by atoms with van der Waals surface area (Å²) < 4.78 is 33.2. The second kappa shape index (κ2) is 9.56. The first-order chi connectivity index (χ1) is 15.2. The predicted molar refractivity (Wildman–Crippen MR) is 121 cm³/mol. The molecule has 1 heterocycles. The number of thiazole rings is 1. The molecule has 0 radical (unpaired) electrons. The summed E-state index contributed by atoms with van der Waals surface area (Å²) in [5, 5.41) is 2.08. The van der Waals surface area contributed by atoms with Crippen molar-refractivity contribution in [3.63, 3.8) is 0 Å². The van der Waals surface area contributed by atoms with Gasteiger partial charge in [-0.15, -0.1) is 11.3 Å². The van der Waals surface area contributed by atoms with Crippen LogP contribution in [0.4, 0.5) is 10.1 Å². The Hall–Kier alpha value is -2.80. The molecular formula is C24H27FN2O3S. The Morgan fingerprint density at radius 2 is 1.65 bits per heavy atom. The number of nitrogens with zero attached hydrogens (tertiary/aromatic N) is 2. The molecule has 0 bridgehead atoms. The van der Waals surface area contributed by atoms with Gasteiger partial charge in [0.15, 0.2) is 16.3 Å². The van der Waals surface area contributed by atoms with Crippen molar-refractivity contribution in [2.45, 2.75) is 38.1 Å². The molecule has 7 heteroatoms. The summed E-state index contributed by atoms with van der Waals surface area (Å²) in [7, 11) is 4.82. The Kier molecular flexibility index (Phi) is 6.61. The number of halogens is 1. The van der Waals surface area contributed by atoms with Crippen LogP contribution in [0.2, 0.25) is 0 Å².